The Morgan fingerprint density at radius 2 is 1.81 bits per heavy atom. The molecule has 2 bridgehead atoms. The van der Waals surface area contributed by atoms with Gasteiger partial charge in [0.2, 0.25) is 5.91 Å². The van der Waals surface area contributed by atoms with Gasteiger partial charge in [-0.05, 0) is 36.3 Å². The standard InChI is InChI=1S/C17H17NO3/c19-16(18-8-7-10-3-1-2-4-13(10)18)14-11-5-6-12(9-11)15(14)17(20)21/h1-6,11-12,14-15H,7-9H2,(H,20,21)/t11-,12+,14+,15+/m1/s1. The summed E-state index contributed by atoms with van der Waals surface area (Å²) >= 11 is 0. The lowest BCUT2D eigenvalue weighted by atomic mass is 9.82. The molecule has 0 spiro atoms. The summed E-state index contributed by atoms with van der Waals surface area (Å²) in [5.74, 6) is -1.68. The average Bonchev–Trinajstić information content (AvgIpc) is 3.19. The van der Waals surface area contributed by atoms with Gasteiger partial charge in [0, 0.05) is 12.2 Å². The van der Waals surface area contributed by atoms with Crippen LogP contribution in [0.5, 0.6) is 0 Å². The third-order valence-electron chi connectivity index (χ3n) is 5.18. The van der Waals surface area contributed by atoms with Crippen molar-refractivity contribution in [2.75, 3.05) is 11.4 Å². The summed E-state index contributed by atoms with van der Waals surface area (Å²) < 4.78 is 0. The zero-order valence-electron chi connectivity index (χ0n) is 11.6. The fourth-order valence-electron chi connectivity index (χ4n) is 4.24. The van der Waals surface area contributed by atoms with Gasteiger partial charge >= 0.3 is 5.97 Å². The van der Waals surface area contributed by atoms with Gasteiger partial charge in [0.1, 0.15) is 0 Å². The SMILES string of the molecule is O=C(O)[C@@H]1[C@@H](C(=O)N2CCc3ccccc32)[C@@H]2C=C[C@H]1C2. The molecule has 1 N–H and O–H groups in total. The predicted octanol–water partition coefficient (Wildman–Crippen LogP) is 2.10. The lowest BCUT2D eigenvalue weighted by molar-refractivity contribution is -0.147. The van der Waals surface area contributed by atoms with Crippen molar-refractivity contribution >= 4 is 17.6 Å². The van der Waals surface area contributed by atoms with E-state index in [9.17, 15) is 14.7 Å². The zero-order valence-corrected chi connectivity index (χ0v) is 11.6. The van der Waals surface area contributed by atoms with E-state index >= 15 is 0 Å². The number of carboxylic acids is 1. The Morgan fingerprint density at radius 3 is 2.57 bits per heavy atom. The first-order valence-electron chi connectivity index (χ1n) is 7.47. The number of para-hydroxylation sites is 1. The van der Waals surface area contributed by atoms with Crippen LogP contribution < -0.4 is 4.90 Å². The summed E-state index contributed by atoms with van der Waals surface area (Å²) in [5.41, 5.74) is 2.13. The molecule has 21 heavy (non-hydrogen) atoms. The number of anilines is 1. The molecule has 1 aromatic rings. The maximum Gasteiger partial charge on any atom is 0.307 e. The van der Waals surface area contributed by atoms with E-state index in [0.717, 1.165) is 18.5 Å². The van der Waals surface area contributed by atoms with Gasteiger partial charge in [-0.15, -0.1) is 0 Å². The zero-order chi connectivity index (χ0) is 14.6. The maximum atomic E-state index is 12.9. The largest absolute Gasteiger partial charge is 0.481 e. The van der Waals surface area contributed by atoms with Crippen molar-refractivity contribution in [3.8, 4) is 0 Å². The van der Waals surface area contributed by atoms with E-state index in [4.69, 9.17) is 0 Å². The average molecular weight is 283 g/mol. The molecule has 4 atom stereocenters. The second kappa shape index (κ2) is 4.45. The van der Waals surface area contributed by atoms with Crippen LogP contribution in [0.3, 0.4) is 0 Å². The molecule has 1 aromatic carbocycles. The Bertz CT molecular complexity index is 651. The topological polar surface area (TPSA) is 57.6 Å². The summed E-state index contributed by atoms with van der Waals surface area (Å²) in [4.78, 5) is 26.3. The van der Waals surface area contributed by atoms with E-state index in [2.05, 4.69) is 0 Å². The van der Waals surface area contributed by atoms with Crippen molar-refractivity contribution in [1.82, 2.24) is 0 Å². The van der Waals surface area contributed by atoms with Crippen molar-refractivity contribution in [1.29, 1.82) is 0 Å². The fourth-order valence-corrected chi connectivity index (χ4v) is 4.24. The van der Waals surface area contributed by atoms with Crippen LogP contribution in [0.15, 0.2) is 36.4 Å². The summed E-state index contributed by atoms with van der Waals surface area (Å²) in [6.45, 7) is 0.669. The third kappa shape index (κ3) is 1.75. The molecule has 1 saturated carbocycles. The lowest BCUT2D eigenvalue weighted by Crippen LogP contribution is -2.42. The van der Waals surface area contributed by atoms with Gasteiger partial charge in [0.25, 0.3) is 0 Å². The van der Waals surface area contributed by atoms with E-state index in [1.54, 1.807) is 4.90 Å². The normalized spacial score (nSPS) is 32.5. The monoisotopic (exact) mass is 283 g/mol. The number of hydrogen-bond donors (Lipinski definition) is 1. The number of hydrogen-bond acceptors (Lipinski definition) is 2. The van der Waals surface area contributed by atoms with Gasteiger partial charge in [-0.2, -0.15) is 0 Å². The predicted molar refractivity (Wildman–Crippen MR) is 77.9 cm³/mol. The van der Waals surface area contributed by atoms with Gasteiger partial charge in [0.05, 0.1) is 11.8 Å². The summed E-state index contributed by atoms with van der Waals surface area (Å²) in [7, 11) is 0. The van der Waals surface area contributed by atoms with E-state index in [0.29, 0.717) is 6.54 Å². The number of amides is 1. The highest BCUT2D eigenvalue weighted by Crippen LogP contribution is 2.49. The first-order valence-corrected chi connectivity index (χ1v) is 7.47. The van der Waals surface area contributed by atoms with E-state index in [1.807, 2.05) is 36.4 Å². The van der Waals surface area contributed by atoms with Crippen molar-refractivity contribution in [2.45, 2.75) is 12.8 Å². The van der Waals surface area contributed by atoms with E-state index < -0.39 is 17.8 Å². The highest BCUT2D eigenvalue weighted by atomic mass is 16.4. The Kier molecular flexibility index (Phi) is 2.67. The van der Waals surface area contributed by atoms with Crippen LogP contribution in [0, 0.1) is 23.7 Å². The van der Waals surface area contributed by atoms with Gasteiger partial charge in [-0.25, -0.2) is 0 Å². The molecule has 2 aliphatic carbocycles. The number of aliphatic carboxylic acids is 1. The van der Waals surface area contributed by atoms with Crippen LogP contribution in [0.2, 0.25) is 0 Å². The number of rotatable bonds is 2. The molecule has 0 radical (unpaired) electrons. The van der Waals surface area contributed by atoms with E-state index in [-0.39, 0.29) is 17.7 Å². The first-order chi connectivity index (χ1) is 10.2. The Morgan fingerprint density at radius 1 is 1.10 bits per heavy atom. The van der Waals surface area contributed by atoms with Crippen LogP contribution in [0.4, 0.5) is 5.69 Å². The minimum atomic E-state index is -0.835. The molecule has 4 heteroatoms. The third-order valence-corrected chi connectivity index (χ3v) is 5.18. The second-order valence-corrected chi connectivity index (χ2v) is 6.21. The minimum absolute atomic E-state index is 0.01000. The van der Waals surface area contributed by atoms with Crippen molar-refractivity contribution < 1.29 is 14.7 Å². The molecule has 1 heterocycles. The van der Waals surface area contributed by atoms with Crippen LogP contribution in [0.25, 0.3) is 0 Å². The first kappa shape index (κ1) is 12.6. The van der Waals surface area contributed by atoms with Crippen molar-refractivity contribution in [2.24, 2.45) is 23.7 Å². The summed E-state index contributed by atoms with van der Waals surface area (Å²) in [6, 6.07) is 7.91. The van der Waals surface area contributed by atoms with Gasteiger partial charge < -0.3 is 10.0 Å². The molecule has 1 amide bonds. The Hall–Kier alpha value is -2.10. The molecule has 4 nitrogen and oxygen atoms in total. The molecule has 0 aromatic heterocycles. The molecule has 0 saturated heterocycles. The van der Waals surface area contributed by atoms with Gasteiger partial charge in [0.15, 0.2) is 0 Å². The summed E-state index contributed by atoms with van der Waals surface area (Å²) in [6.07, 6.45) is 5.68. The number of fused-ring (bicyclic) bond motifs is 3. The number of carbonyl (C=O) groups excluding carboxylic acids is 1. The van der Waals surface area contributed by atoms with Crippen LogP contribution in [-0.4, -0.2) is 23.5 Å². The molecule has 108 valence electrons. The van der Waals surface area contributed by atoms with Crippen molar-refractivity contribution in [3.63, 3.8) is 0 Å². The smallest absolute Gasteiger partial charge is 0.307 e. The Balaban J connectivity index is 1.67. The Labute approximate surface area is 123 Å². The van der Waals surface area contributed by atoms with Crippen molar-refractivity contribution in [3.05, 3.63) is 42.0 Å². The van der Waals surface area contributed by atoms with Crippen LogP contribution >= 0.6 is 0 Å². The molecule has 0 unspecified atom stereocenters. The fraction of sp³-hybridized carbons (Fsp3) is 0.412. The molecule has 1 aliphatic heterocycles. The quantitative estimate of drug-likeness (QED) is 0.846. The maximum absolute atomic E-state index is 12.9. The van der Waals surface area contributed by atoms with E-state index in [1.165, 1.54) is 5.56 Å². The summed E-state index contributed by atoms with van der Waals surface area (Å²) in [5, 5.41) is 9.49. The molecule has 4 rings (SSSR count). The minimum Gasteiger partial charge on any atom is -0.481 e. The number of benzene rings is 1. The van der Waals surface area contributed by atoms with Crippen LogP contribution in [-0.2, 0) is 16.0 Å². The number of carbonyl (C=O) groups is 2. The number of allylic oxidation sites excluding steroid dienone is 2. The number of nitrogens with zero attached hydrogens (tertiary/aromatic N) is 1. The van der Waals surface area contributed by atoms with Gasteiger partial charge in [-0.3, -0.25) is 9.59 Å². The molecular weight excluding hydrogens is 266 g/mol. The molecule has 1 fully saturated rings. The van der Waals surface area contributed by atoms with Gasteiger partial charge in [-0.1, -0.05) is 30.4 Å². The highest BCUT2D eigenvalue weighted by Gasteiger charge is 2.53. The second-order valence-electron chi connectivity index (χ2n) is 6.21. The molecule has 3 aliphatic rings. The lowest BCUT2D eigenvalue weighted by Gasteiger charge is -2.28. The van der Waals surface area contributed by atoms with Crippen LogP contribution in [0.1, 0.15) is 12.0 Å². The highest BCUT2D eigenvalue weighted by molar-refractivity contribution is 5.99. The number of carboxylic acid groups (broad SMARTS) is 1. The molecular formula is C17H17NO3.